The normalized spacial score (nSPS) is 14.8. The van der Waals surface area contributed by atoms with E-state index in [9.17, 15) is 28.2 Å². The average Bonchev–Trinajstić information content (AvgIpc) is 3.14. The lowest BCUT2D eigenvalue weighted by molar-refractivity contribution is -0.139. The van der Waals surface area contributed by atoms with E-state index in [1.54, 1.807) is 0 Å². The minimum Gasteiger partial charge on any atom is -0.449 e. The van der Waals surface area contributed by atoms with Crippen molar-refractivity contribution >= 4 is 6.09 Å². The summed E-state index contributed by atoms with van der Waals surface area (Å²) in [6, 6.07) is 20.1. The van der Waals surface area contributed by atoms with Gasteiger partial charge < -0.3 is 20.3 Å². The number of benzene rings is 3. The van der Waals surface area contributed by atoms with Gasteiger partial charge >= 0.3 is 12.3 Å². The molecule has 2 atom stereocenters. The van der Waals surface area contributed by atoms with E-state index in [-0.39, 0.29) is 12.5 Å². The lowest BCUT2D eigenvalue weighted by atomic mass is 9.98. The maximum Gasteiger partial charge on any atom is 0.416 e. The fraction of sp³-hybridized carbons (Fsp3) is 0.240. The number of fused-ring (bicyclic) bond motifs is 3. The topological polar surface area (TPSA) is 78.8 Å². The molecule has 1 aliphatic rings. The Bertz CT molecular complexity index is 1100. The first-order valence-corrected chi connectivity index (χ1v) is 10.4. The van der Waals surface area contributed by atoms with Gasteiger partial charge in [0.25, 0.3) is 0 Å². The molecule has 4 rings (SSSR count). The second-order valence-electron chi connectivity index (χ2n) is 7.80. The molecule has 8 heteroatoms. The third-order valence-electron chi connectivity index (χ3n) is 5.75. The van der Waals surface area contributed by atoms with Crippen molar-refractivity contribution < 1.29 is 32.9 Å². The molecular formula is C25H22F3NO4. The number of carbonyl (C=O) groups is 1. The van der Waals surface area contributed by atoms with Crippen molar-refractivity contribution in [2.45, 2.75) is 24.3 Å². The van der Waals surface area contributed by atoms with Crippen LogP contribution in [0.2, 0.25) is 0 Å². The monoisotopic (exact) mass is 457 g/mol. The highest BCUT2D eigenvalue weighted by atomic mass is 19.4. The smallest absolute Gasteiger partial charge is 0.416 e. The quantitative estimate of drug-likeness (QED) is 0.504. The highest BCUT2D eigenvalue weighted by Gasteiger charge is 2.36. The summed E-state index contributed by atoms with van der Waals surface area (Å²) in [6.45, 7) is -0.431. The van der Waals surface area contributed by atoms with Crippen LogP contribution in [0.5, 0.6) is 0 Å². The third kappa shape index (κ3) is 4.72. The summed E-state index contributed by atoms with van der Waals surface area (Å²) in [5, 5.41) is 22.7. The fourth-order valence-electron chi connectivity index (χ4n) is 4.17. The summed E-state index contributed by atoms with van der Waals surface area (Å²) < 4.78 is 44.8. The van der Waals surface area contributed by atoms with Gasteiger partial charge in [-0.2, -0.15) is 13.2 Å². The maximum absolute atomic E-state index is 13.2. The van der Waals surface area contributed by atoms with Gasteiger partial charge in [-0.25, -0.2) is 4.79 Å². The molecule has 0 spiro atoms. The minimum absolute atomic E-state index is 0.0510. The van der Waals surface area contributed by atoms with Gasteiger partial charge in [-0.1, -0.05) is 66.7 Å². The van der Waals surface area contributed by atoms with Crippen LogP contribution in [0.3, 0.4) is 0 Å². The summed E-state index contributed by atoms with van der Waals surface area (Å²) in [4.78, 5) is 12.2. The molecule has 2 unspecified atom stereocenters. The van der Waals surface area contributed by atoms with Gasteiger partial charge in [0.2, 0.25) is 0 Å². The van der Waals surface area contributed by atoms with Gasteiger partial charge in [-0.15, -0.1) is 0 Å². The number of hydrogen-bond donors (Lipinski definition) is 3. The zero-order valence-electron chi connectivity index (χ0n) is 17.4. The number of rotatable bonds is 6. The number of nitrogens with one attached hydrogen (secondary N) is 1. The van der Waals surface area contributed by atoms with E-state index in [1.165, 1.54) is 12.1 Å². The number of aliphatic hydroxyl groups excluding tert-OH is 2. The molecule has 0 bridgehead atoms. The SMILES string of the molecule is O=C(NCC(O)C(O)c1ccccc1C(F)(F)F)OCC1c2ccccc2-c2ccccc21. The molecule has 0 saturated carbocycles. The Labute approximate surface area is 188 Å². The molecule has 3 N–H and O–H groups in total. The Morgan fingerprint density at radius 2 is 1.45 bits per heavy atom. The van der Waals surface area contributed by atoms with Crippen molar-refractivity contribution in [2.24, 2.45) is 0 Å². The van der Waals surface area contributed by atoms with Crippen LogP contribution in [0.4, 0.5) is 18.0 Å². The molecule has 0 fully saturated rings. The number of alkyl halides is 3. The number of carbonyl (C=O) groups excluding carboxylic acids is 1. The second-order valence-corrected chi connectivity index (χ2v) is 7.80. The molecule has 0 aromatic heterocycles. The predicted octanol–water partition coefficient (Wildman–Crippen LogP) is 4.64. The van der Waals surface area contributed by atoms with Gasteiger partial charge in [0.1, 0.15) is 18.8 Å². The van der Waals surface area contributed by atoms with E-state index < -0.39 is 42.1 Å². The summed E-state index contributed by atoms with van der Waals surface area (Å²) in [5.41, 5.74) is 2.70. The highest BCUT2D eigenvalue weighted by molar-refractivity contribution is 5.79. The molecule has 3 aromatic rings. The fourth-order valence-corrected chi connectivity index (χ4v) is 4.17. The predicted molar refractivity (Wildman–Crippen MR) is 115 cm³/mol. The zero-order valence-corrected chi connectivity index (χ0v) is 17.4. The van der Waals surface area contributed by atoms with E-state index in [1.807, 2.05) is 48.5 Å². The molecule has 0 aliphatic heterocycles. The molecule has 3 aromatic carbocycles. The molecule has 33 heavy (non-hydrogen) atoms. The lowest BCUT2D eigenvalue weighted by Crippen LogP contribution is -2.36. The Hall–Kier alpha value is -3.36. The number of alkyl carbamates (subject to hydrolysis) is 1. The van der Waals surface area contributed by atoms with Crippen LogP contribution >= 0.6 is 0 Å². The van der Waals surface area contributed by atoms with Crippen LogP contribution in [0.1, 0.15) is 34.3 Å². The van der Waals surface area contributed by atoms with Gasteiger partial charge in [0.05, 0.1) is 5.56 Å². The average molecular weight is 457 g/mol. The number of hydrogen-bond acceptors (Lipinski definition) is 4. The molecule has 1 amide bonds. The number of halogens is 3. The van der Waals surface area contributed by atoms with Crippen molar-refractivity contribution in [3.63, 3.8) is 0 Å². The summed E-state index contributed by atoms with van der Waals surface area (Å²) in [6.07, 6.45) is -9.02. The molecule has 5 nitrogen and oxygen atoms in total. The van der Waals surface area contributed by atoms with Crippen molar-refractivity contribution in [3.05, 3.63) is 95.1 Å². The van der Waals surface area contributed by atoms with Crippen LogP contribution in [-0.2, 0) is 10.9 Å². The van der Waals surface area contributed by atoms with Crippen LogP contribution in [0, 0.1) is 0 Å². The standard InChI is InChI=1S/C25H22F3NO4/c26-25(27,28)21-12-6-5-11-19(21)23(31)22(30)13-29-24(32)33-14-20-17-9-3-1-7-15(17)16-8-2-4-10-18(16)20/h1-12,20,22-23,30-31H,13-14H2,(H,29,32). The summed E-state index contributed by atoms with van der Waals surface area (Å²) in [5.74, 6) is -0.155. The second kappa shape index (κ2) is 9.25. The first-order valence-electron chi connectivity index (χ1n) is 10.4. The zero-order chi connectivity index (χ0) is 23.6. The van der Waals surface area contributed by atoms with Crippen LogP contribution in [0.25, 0.3) is 11.1 Å². The van der Waals surface area contributed by atoms with Crippen molar-refractivity contribution in [2.75, 3.05) is 13.2 Å². The van der Waals surface area contributed by atoms with Gasteiger partial charge in [0, 0.05) is 12.5 Å². The molecule has 0 radical (unpaired) electrons. The van der Waals surface area contributed by atoms with Crippen LogP contribution < -0.4 is 5.32 Å². The van der Waals surface area contributed by atoms with E-state index in [4.69, 9.17) is 4.74 Å². The number of aliphatic hydroxyl groups is 2. The molecule has 1 aliphatic carbocycles. The highest BCUT2D eigenvalue weighted by Crippen LogP contribution is 2.44. The first kappa shape index (κ1) is 22.8. The molecule has 0 saturated heterocycles. The first-order chi connectivity index (χ1) is 15.8. The van der Waals surface area contributed by atoms with Crippen molar-refractivity contribution in [1.29, 1.82) is 0 Å². The van der Waals surface area contributed by atoms with E-state index in [0.717, 1.165) is 34.4 Å². The Balaban J connectivity index is 1.36. The van der Waals surface area contributed by atoms with Crippen LogP contribution in [-0.4, -0.2) is 35.6 Å². The minimum atomic E-state index is -4.68. The maximum atomic E-state index is 13.2. The van der Waals surface area contributed by atoms with Gasteiger partial charge in [-0.05, 0) is 33.9 Å². The number of amides is 1. The third-order valence-corrected chi connectivity index (χ3v) is 5.75. The molecular weight excluding hydrogens is 435 g/mol. The van der Waals surface area contributed by atoms with Crippen molar-refractivity contribution in [1.82, 2.24) is 5.32 Å². The summed E-state index contributed by atoms with van der Waals surface area (Å²) >= 11 is 0. The van der Waals surface area contributed by atoms with E-state index in [2.05, 4.69) is 5.32 Å². The Morgan fingerprint density at radius 3 is 2.06 bits per heavy atom. The lowest BCUT2D eigenvalue weighted by Gasteiger charge is -2.22. The van der Waals surface area contributed by atoms with Crippen LogP contribution in [0.15, 0.2) is 72.8 Å². The van der Waals surface area contributed by atoms with Gasteiger partial charge in [0.15, 0.2) is 0 Å². The van der Waals surface area contributed by atoms with E-state index >= 15 is 0 Å². The van der Waals surface area contributed by atoms with E-state index in [0.29, 0.717) is 0 Å². The molecule has 0 heterocycles. The summed E-state index contributed by atoms with van der Waals surface area (Å²) in [7, 11) is 0. The van der Waals surface area contributed by atoms with Gasteiger partial charge in [-0.3, -0.25) is 0 Å². The van der Waals surface area contributed by atoms with Crippen molar-refractivity contribution in [3.8, 4) is 11.1 Å². The molecule has 172 valence electrons. The Kier molecular flexibility index (Phi) is 6.40. The largest absolute Gasteiger partial charge is 0.449 e. The number of ether oxygens (including phenoxy) is 1. The Morgan fingerprint density at radius 1 is 0.909 bits per heavy atom.